The molecule has 0 aliphatic rings. The number of unbranched alkanes of at least 4 members (excludes halogenated alkanes) is 8. The van der Waals surface area contributed by atoms with Crippen molar-refractivity contribution in [2.24, 2.45) is 0 Å². The standard InChI is InChI=1S/C19H34O2/c1-3-4-5-6-7-8-9-10-11-12-13-14-15-16-17-18-19(20)21-2/h4-5,10-11H,3,6-9,12-18H2,1-2H3. The van der Waals surface area contributed by atoms with Gasteiger partial charge in [-0.05, 0) is 51.4 Å². The quantitative estimate of drug-likeness (QED) is 0.224. The van der Waals surface area contributed by atoms with Gasteiger partial charge in [-0.1, -0.05) is 50.5 Å². The summed E-state index contributed by atoms with van der Waals surface area (Å²) in [5, 5.41) is 0. The molecule has 0 saturated carbocycles. The van der Waals surface area contributed by atoms with Crippen LogP contribution in [-0.4, -0.2) is 13.1 Å². The molecule has 0 N–H and O–H groups in total. The first kappa shape index (κ1) is 19.9. The molecule has 0 heterocycles. The third kappa shape index (κ3) is 16.9. The normalized spacial score (nSPS) is 11.5. The fraction of sp³-hybridized carbons (Fsp3) is 0.737. The Kier molecular flexibility index (Phi) is 16.2. The molecule has 0 aliphatic carbocycles. The summed E-state index contributed by atoms with van der Waals surface area (Å²) in [4.78, 5) is 10.9. The van der Waals surface area contributed by atoms with E-state index in [1.807, 2.05) is 0 Å². The Balaban J connectivity index is 3.15. The van der Waals surface area contributed by atoms with Crippen LogP contribution in [-0.2, 0) is 9.53 Å². The van der Waals surface area contributed by atoms with Crippen molar-refractivity contribution in [2.45, 2.75) is 84.0 Å². The molecule has 0 atom stereocenters. The van der Waals surface area contributed by atoms with E-state index in [-0.39, 0.29) is 5.97 Å². The van der Waals surface area contributed by atoms with Crippen LogP contribution in [0.1, 0.15) is 84.0 Å². The van der Waals surface area contributed by atoms with Crippen LogP contribution in [0.2, 0.25) is 0 Å². The maximum atomic E-state index is 10.9. The van der Waals surface area contributed by atoms with Crippen LogP contribution in [0.5, 0.6) is 0 Å². The van der Waals surface area contributed by atoms with Gasteiger partial charge in [-0.15, -0.1) is 0 Å². The minimum absolute atomic E-state index is 0.0804. The van der Waals surface area contributed by atoms with Gasteiger partial charge in [-0.3, -0.25) is 4.79 Å². The van der Waals surface area contributed by atoms with Crippen LogP contribution in [0.15, 0.2) is 24.3 Å². The molecular formula is C19H34O2. The number of rotatable bonds is 14. The van der Waals surface area contributed by atoms with Gasteiger partial charge in [0.2, 0.25) is 0 Å². The fourth-order valence-corrected chi connectivity index (χ4v) is 2.21. The van der Waals surface area contributed by atoms with E-state index in [0.717, 1.165) is 19.3 Å². The number of hydrogen-bond acceptors (Lipinski definition) is 2. The summed E-state index contributed by atoms with van der Waals surface area (Å²) < 4.78 is 4.62. The summed E-state index contributed by atoms with van der Waals surface area (Å²) in [6, 6.07) is 0. The summed E-state index contributed by atoms with van der Waals surface area (Å²) in [6.45, 7) is 2.18. The van der Waals surface area contributed by atoms with E-state index < -0.39 is 0 Å². The number of methoxy groups -OCH3 is 1. The number of carbonyl (C=O) groups excluding carboxylic acids is 1. The third-order valence-corrected chi connectivity index (χ3v) is 3.54. The summed E-state index contributed by atoms with van der Waals surface area (Å²) in [5.41, 5.74) is 0. The number of carbonyl (C=O) groups is 1. The van der Waals surface area contributed by atoms with Gasteiger partial charge in [0, 0.05) is 6.42 Å². The highest BCUT2D eigenvalue weighted by Gasteiger charge is 1.98. The largest absolute Gasteiger partial charge is 0.469 e. The maximum absolute atomic E-state index is 10.9. The van der Waals surface area contributed by atoms with Crippen LogP contribution in [0, 0.1) is 0 Å². The Labute approximate surface area is 131 Å². The molecule has 0 fully saturated rings. The molecule has 2 heteroatoms. The highest BCUT2D eigenvalue weighted by Crippen LogP contribution is 2.09. The first-order chi connectivity index (χ1) is 10.3. The molecule has 0 aromatic carbocycles. The van der Waals surface area contributed by atoms with Crippen molar-refractivity contribution in [3.63, 3.8) is 0 Å². The van der Waals surface area contributed by atoms with Crippen molar-refractivity contribution in [1.29, 1.82) is 0 Å². The van der Waals surface area contributed by atoms with Crippen molar-refractivity contribution in [2.75, 3.05) is 7.11 Å². The van der Waals surface area contributed by atoms with E-state index in [1.165, 1.54) is 58.5 Å². The van der Waals surface area contributed by atoms with Gasteiger partial charge in [0.1, 0.15) is 0 Å². The Morgan fingerprint density at radius 1 is 0.762 bits per heavy atom. The van der Waals surface area contributed by atoms with Crippen molar-refractivity contribution < 1.29 is 9.53 Å². The Morgan fingerprint density at radius 2 is 1.24 bits per heavy atom. The van der Waals surface area contributed by atoms with Gasteiger partial charge in [-0.2, -0.15) is 0 Å². The summed E-state index contributed by atoms with van der Waals surface area (Å²) in [6.07, 6.45) is 23.1. The Bertz CT molecular complexity index is 279. The molecule has 122 valence electrons. The lowest BCUT2D eigenvalue weighted by Crippen LogP contribution is -1.98. The molecule has 0 spiro atoms. The zero-order chi connectivity index (χ0) is 15.6. The van der Waals surface area contributed by atoms with Crippen LogP contribution in [0.4, 0.5) is 0 Å². The Hall–Kier alpha value is -1.05. The molecule has 0 radical (unpaired) electrons. The maximum Gasteiger partial charge on any atom is 0.305 e. The molecule has 0 unspecified atom stereocenters. The van der Waals surface area contributed by atoms with Gasteiger partial charge in [0.05, 0.1) is 7.11 Å². The number of ether oxygens (including phenoxy) is 1. The van der Waals surface area contributed by atoms with E-state index >= 15 is 0 Å². The van der Waals surface area contributed by atoms with Crippen molar-refractivity contribution in [3.05, 3.63) is 24.3 Å². The molecule has 0 aromatic rings. The summed E-state index contributed by atoms with van der Waals surface area (Å²) in [5.74, 6) is -0.0804. The van der Waals surface area contributed by atoms with E-state index in [2.05, 4.69) is 36.0 Å². The second-order valence-electron chi connectivity index (χ2n) is 5.52. The molecule has 0 rings (SSSR count). The van der Waals surface area contributed by atoms with Crippen molar-refractivity contribution in [1.82, 2.24) is 0 Å². The zero-order valence-electron chi connectivity index (χ0n) is 14.1. The molecule has 0 aliphatic heterocycles. The van der Waals surface area contributed by atoms with Gasteiger partial charge in [-0.25, -0.2) is 0 Å². The molecule has 0 amide bonds. The van der Waals surface area contributed by atoms with Crippen LogP contribution in [0.25, 0.3) is 0 Å². The van der Waals surface area contributed by atoms with Gasteiger partial charge >= 0.3 is 5.97 Å². The fourth-order valence-electron chi connectivity index (χ4n) is 2.21. The second kappa shape index (κ2) is 17.0. The highest BCUT2D eigenvalue weighted by atomic mass is 16.5. The van der Waals surface area contributed by atoms with E-state index in [1.54, 1.807) is 0 Å². The molecule has 0 saturated heterocycles. The molecular weight excluding hydrogens is 260 g/mol. The minimum atomic E-state index is -0.0804. The van der Waals surface area contributed by atoms with E-state index in [9.17, 15) is 4.79 Å². The molecule has 21 heavy (non-hydrogen) atoms. The SMILES string of the molecule is CCC=CCCCCC=CCCCCCCCC(=O)OC. The van der Waals surface area contributed by atoms with E-state index in [0.29, 0.717) is 6.42 Å². The Morgan fingerprint density at radius 3 is 1.81 bits per heavy atom. The summed E-state index contributed by atoms with van der Waals surface area (Å²) in [7, 11) is 1.45. The summed E-state index contributed by atoms with van der Waals surface area (Å²) >= 11 is 0. The molecule has 0 aromatic heterocycles. The lowest BCUT2D eigenvalue weighted by atomic mass is 10.1. The van der Waals surface area contributed by atoms with Gasteiger partial charge in [0.15, 0.2) is 0 Å². The van der Waals surface area contributed by atoms with Crippen LogP contribution in [0.3, 0.4) is 0 Å². The number of allylic oxidation sites excluding steroid dienone is 4. The van der Waals surface area contributed by atoms with Crippen molar-refractivity contribution >= 4 is 5.97 Å². The lowest BCUT2D eigenvalue weighted by molar-refractivity contribution is -0.140. The number of hydrogen-bond donors (Lipinski definition) is 0. The monoisotopic (exact) mass is 294 g/mol. The molecule has 2 nitrogen and oxygen atoms in total. The first-order valence-corrected chi connectivity index (χ1v) is 8.68. The molecule has 0 bridgehead atoms. The minimum Gasteiger partial charge on any atom is -0.469 e. The second-order valence-corrected chi connectivity index (χ2v) is 5.52. The lowest BCUT2D eigenvalue weighted by Gasteiger charge is -2.00. The van der Waals surface area contributed by atoms with Gasteiger partial charge in [0.25, 0.3) is 0 Å². The average molecular weight is 294 g/mol. The third-order valence-electron chi connectivity index (χ3n) is 3.54. The topological polar surface area (TPSA) is 26.3 Å². The zero-order valence-corrected chi connectivity index (χ0v) is 14.1. The predicted molar refractivity (Wildman–Crippen MR) is 91.4 cm³/mol. The van der Waals surface area contributed by atoms with Crippen LogP contribution >= 0.6 is 0 Å². The number of esters is 1. The van der Waals surface area contributed by atoms with Crippen molar-refractivity contribution in [3.8, 4) is 0 Å². The smallest absolute Gasteiger partial charge is 0.305 e. The first-order valence-electron chi connectivity index (χ1n) is 8.68. The van der Waals surface area contributed by atoms with Gasteiger partial charge < -0.3 is 4.74 Å². The van der Waals surface area contributed by atoms with Crippen LogP contribution < -0.4 is 0 Å². The average Bonchev–Trinajstić information content (AvgIpc) is 2.50. The van der Waals surface area contributed by atoms with E-state index in [4.69, 9.17) is 0 Å². The predicted octanol–water partition coefficient (Wildman–Crippen LogP) is 5.97. The highest BCUT2D eigenvalue weighted by molar-refractivity contribution is 5.68.